The van der Waals surface area contributed by atoms with Gasteiger partial charge >= 0.3 is 0 Å². The molecule has 0 N–H and O–H groups in total. The minimum absolute atomic E-state index is 0.809. The van der Waals surface area contributed by atoms with Gasteiger partial charge in [0.05, 0.1) is 0 Å². The summed E-state index contributed by atoms with van der Waals surface area (Å²) in [4.78, 5) is 0. The third kappa shape index (κ3) is 2.12. The van der Waals surface area contributed by atoms with E-state index < -0.39 is 0 Å². The van der Waals surface area contributed by atoms with Crippen LogP contribution in [0.15, 0.2) is 21.8 Å². The molecule has 0 radical (unpaired) electrons. The highest BCUT2D eigenvalue weighted by molar-refractivity contribution is 14.1. The van der Waals surface area contributed by atoms with E-state index in [9.17, 15) is 0 Å². The standard InChI is InChI=1S/C8H11I/c1-2-7-3-5-8(9)6-4-7/h3,5-7H,2,4H2,1H3. The Balaban J connectivity index is 2.48. The van der Waals surface area contributed by atoms with Crippen molar-refractivity contribution in [1.29, 1.82) is 0 Å². The highest BCUT2D eigenvalue weighted by atomic mass is 127. The van der Waals surface area contributed by atoms with E-state index in [1.165, 1.54) is 16.4 Å². The van der Waals surface area contributed by atoms with Gasteiger partial charge in [0.25, 0.3) is 0 Å². The smallest absolute Gasteiger partial charge is 0.00871 e. The second kappa shape index (κ2) is 3.40. The van der Waals surface area contributed by atoms with Gasteiger partial charge in [-0.3, -0.25) is 0 Å². The molecule has 0 saturated carbocycles. The third-order valence-corrected chi connectivity index (χ3v) is 2.47. The van der Waals surface area contributed by atoms with Crippen molar-refractivity contribution >= 4 is 22.6 Å². The van der Waals surface area contributed by atoms with Crippen LogP contribution in [0.4, 0.5) is 0 Å². The minimum Gasteiger partial charge on any atom is -0.0801 e. The largest absolute Gasteiger partial charge is 0.0801 e. The first-order chi connectivity index (χ1) is 4.33. The van der Waals surface area contributed by atoms with Gasteiger partial charge in [0.2, 0.25) is 0 Å². The molecule has 0 fully saturated rings. The molecular weight excluding hydrogens is 223 g/mol. The Morgan fingerprint density at radius 2 is 2.56 bits per heavy atom. The number of rotatable bonds is 1. The average Bonchev–Trinajstić information content (AvgIpc) is 1.90. The summed E-state index contributed by atoms with van der Waals surface area (Å²) >= 11 is 2.36. The summed E-state index contributed by atoms with van der Waals surface area (Å²) < 4.78 is 1.39. The number of halogens is 1. The lowest BCUT2D eigenvalue weighted by Gasteiger charge is -2.10. The van der Waals surface area contributed by atoms with E-state index in [-0.39, 0.29) is 0 Å². The highest BCUT2D eigenvalue weighted by Gasteiger charge is 2.03. The fourth-order valence-corrected chi connectivity index (χ4v) is 1.40. The van der Waals surface area contributed by atoms with Crippen LogP contribution >= 0.6 is 22.6 Å². The number of hydrogen-bond acceptors (Lipinski definition) is 0. The van der Waals surface area contributed by atoms with Crippen molar-refractivity contribution in [2.75, 3.05) is 0 Å². The molecule has 0 aromatic heterocycles. The maximum absolute atomic E-state index is 2.36. The SMILES string of the molecule is CCC1C=CC(I)=CC1. The summed E-state index contributed by atoms with van der Waals surface area (Å²) in [6.07, 6.45) is 9.33. The molecule has 50 valence electrons. The first-order valence-electron chi connectivity index (χ1n) is 3.36. The summed E-state index contributed by atoms with van der Waals surface area (Å²) in [7, 11) is 0. The lowest BCUT2D eigenvalue weighted by Crippen LogP contribution is -1.94. The summed E-state index contributed by atoms with van der Waals surface area (Å²) in [5.41, 5.74) is 0. The molecular formula is C8H11I. The zero-order valence-electron chi connectivity index (χ0n) is 5.60. The van der Waals surface area contributed by atoms with Crippen LogP contribution in [-0.2, 0) is 0 Å². The average molecular weight is 234 g/mol. The van der Waals surface area contributed by atoms with Crippen LogP contribution < -0.4 is 0 Å². The van der Waals surface area contributed by atoms with Crippen LogP contribution in [0.25, 0.3) is 0 Å². The Kier molecular flexibility index (Phi) is 2.76. The molecule has 9 heavy (non-hydrogen) atoms. The molecule has 0 bridgehead atoms. The summed E-state index contributed by atoms with van der Waals surface area (Å²) in [5.74, 6) is 0.809. The van der Waals surface area contributed by atoms with Gasteiger partial charge in [-0.2, -0.15) is 0 Å². The molecule has 0 amide bonds. The van der Waals surface area contributed by atoms with E-state index in [0.717, 1.165) is 5.92 Å². The maximum atomic E-state index is 2.36. The van der Waals surface area contributed by atoms with E-state index >= 15 is 0 Å². The summed E-state index contributed by atoms with van der Waals surface area (Å²) in [5, 5.41) is 0. The monoisotopic (exact) mass is 234 g/mol. The molecule has 1 aliphatic rings. The first kappa shape index (κ1) is 7.32. The van der Waals surface area contributed by atoms with Gasteiger partial charge in [0.1, 0.15) is 0 Å². The Labute approximate surface area is 70.2 Å². The van der Waals surface area contributed by atoms with Crippen LogP contribution in [0.5, 0.6) is 0 Å². The van der Waals surface area contributed by atoms with E-state index in [0.29, 0.717) is 0 Å². The second-order valence-electron chi connectivity index (χ2n) is 2.35. The van der Waals surface area contributed by atoms with Crippen molar-refractivity contribution in [2.45, 2.75) is 19.8 Å². The molecule has 1 aliphatic carbocycles. The van der Waals surface area contributed by atoms with Gasteiger partial charge in [-0.1, -0.05) is 25.2 Å². The van der Waals surface area contributed by atoms with E-state index in [4.69, 9.17) is 0 Å². The predicted molar refractivity (Wildman–Crippen MR) is 49.6 cm³/mol. The van der Waals surface area contributed by atoms with Crippen molar-refractivity contribution in [2.24, 2.45) is 5.92 Å². The van der Waals surface area contributed by atoms with Crippen molar-refractivity contribution in [3.63, 3.8) is 0 Å². The predicted octanol–water partition coefficient (Wildman–Crippen LogP) is 3.29. The Morgan fingerprint density at radius 1 is 1.78 bits per heavy atom. The summed E-state index contributed by atoms with van der Waals surface area (Å²) in [6, 6.07) is 0. The zero-order chi connectivity index (χ0) is 6.69. The zero-order valence-corrected chi connectivity index (χ0v) is 7.76. The molecule has 0 spiro atoms. The van der Waals surface area contributed by atoms with E-state index in [1.807, 2.05) is 0 Å². The van der Waals surface area contributed by atoms with Gasteiger partial charge in [-0.15, -0.1) is 0 Å². The molecule has 1 unspecified atom stereocenters. The molecule has 0 aromatic rings. The maximum Gasteiger partial charge on any atom is 0.00871 e. The highest BCUT2D eigenvalue weighted by Crippen LogP contribution is 2.21. The van der Waals surface area contributed by atoms with Crippen molar-refractivity contribution in [3.8, 4) is 0 Å². The molecule has 1 rings (SSSR count). The molecule has 0 nitrogen and oxygen atoms in total. The van der Waals surface area contributed by atoms with Crippen LogP contribution in [0.2, 0.25) is 0 Å². The van der Waals surface area contributed by atoms with Crippen molar-refractivity contribution in [1.82, 2.24) is 0 Å². The van der Waals surface area contributed by atoms with Gasteiger partial charge in [-0.25, -0.2) is 0 Å². The Morgan fingerprint density at radius 3 is 3.00 bits per heavy atom. The van der Waals surface area contributed by atoms with Crippen molar-refractivity contribution in [3.05, 3.63) is 21.8 Å². The number of hydrogen-bond donors (Lipinski definition) is 0. The Bertz CT molecular complexity index is 145. The van der Waals surface area contributed by atoms with E-state index in [2.05, 4.69) is 47.7 Å². The van der Waals surface area contributed by atoms with Gasteiger partial charge in [0, 0.05) is 3.58 Å². The van der Waals surface area contributed by atoms with E-state index in [1.54, 1.807) is 0 Å². The van der Waals surface area contributed by atoms with Crippen LogP contribution in [0, 0.1) is 5.92 Å². The van der Waals surface area contributed by atoms with Crippen LogP contribution in [0.1, 0.15) is 19.8 Å². The molecule has 0 aliphatic heterocycles. The molecule has 0 aromatic carbocycles. The van der Waals surface area contributed by atoms with Crippen LogP contribution in [-0.4, -0.2) is 0 Å². The van der Waals surface area contributed by atoms with Gasteiger partial charge < -0.3 is 0 Å². The first-order valence-corrected chi connectivity index (χ1v) is 4.44. The Hall–Kier alpha value is 0.210. The quantitative estimate of drug-likeness (QED) is 0.610. The van der Waals surface area contributed by atoms with Crippen LogP contribution in [0.3, 0.4) is 0 Å². The van der Waals surface area contributed by atoms with Crippen molar-refractivity contribution < 1.29 is 0 Å². The lowest BCUT2D eigenvalue weighted by atomic mass is 9.99. The normalized spacial score (nSPS) is 26.0. The second-order valence-corrected chi connectivity index (χ2v) is 3.60. The molecule has 0 saturated heterocycles. The topological polar surface area (TPSA) is 0 Å². The fourth-order valence-electron chi connectivity index (χ4n) is 0.941. The lowest BCUT2D eigenvalue weighted by molar-refractivity contribution is 0.632. The fraction of sp³-hybridized carbons (Fsp3) is 0.500. The molecule has 1 atom stereocenters. The minimum atomic E-state index is 0.809. The van der Waals surface area contributed by atoms with Gasteiger partial charge in [0.15, 0.2) is 0 Å². The molecule has 0 heterocycles. The summed E-state index contributed by atoms with van der Waals surface area (Å²) in [6.45, 7) is 2.24. The third-order valence-electron chi connectivity index (χ3n) is 1.67. The van der Waals surface area contributed by atoms with Gasteiger partial charge in [-0.05, 0) is 41.4 Å². The molecule has 1 heteroatoms. The number of allylic oxidation sites excluding steroid dienone is 4.